The number of nitrogens with zero attached hydrogens (tertiary/aromatic N) is 1. The molecule has 0 aliphatic rings. The molecule has 1 amide bonds. The Morgan fingerprint density at radius 3 is 2.83 bits per heavy atom. The summed E-state index contributed by atoms with van der Waals surface area (Å²) >= 11 is 0. The first-order chi connectivity index (χ1) is 8.49. The molecule has 1 aromatic carbocycles. The molecule has 1 aromatic rings. The molecule has 0 saturated carbocycles. The van der Waals surface area contributed by atoms with Crippen LogP contribution in [0.3, 0.4) is 0 Å². The van der Waals surface area contributed by atoms with Crippen LogP contribution in [0.5, 0.6) is 0 Å². The molecular formula is C15H21NO2. The molecule has 1 N–H and O–H groups in total. The van der Waals surface area contributed by atoms with Crippen molar-refractivity contribution in [3.63, 3.8) is 0 Å². The largest absolute Gasteiger partial charge is 0.393 e. The second-order valence-electron chi connectivity index (χ2n) is 4.64. The van der Waals surface area contributed by atoms with Gasteiger partial charge in [-0.3, -0.25) is 4.79 Å². The first-order valence-corrected chi connectivity index (χ1v) is 6.17. The van der Waals surface area contributed by atoms with Gasteiger partial charge in [0.05, 0.1) is 6.10 Å². The summed E-state index contributed by atoms with van der Waals surface area (Å²) < 4.78 is 0. The molecule has 18 heavy (non-hydrogen) atoms. The Kier molecular flexibility index (Phi) is 5.59. The molecule has 98 valence electrons. The number of hydrogen-bond acceptors (Lipinski definition) is 2. The van der Waals surface area contributed by atoms with Gasteiger partial charge in [0.25, 0.3) is 0 Å². The van der Waals surface area contributed by atoms with Crippen LogP contribution in [0.1, 0.15) is 24.5 Å². The third-order valence-electron chi connectivity index (χ3n) is 2.72. The Hall–Kier alpha value is -1.61. The fraction of sp³-hybridized carbons (Fsp3) is 0.400. The van der Waals surface area contributed by atoms with Gasteiger partial charge in [0.1, 0.15) is 0 Å². The van der Waals surface area contributed by atoms with Crippen molar-refractivity contribution in [1.29, 1.82) is 0 Å². The molecule has 3 nitrogen and oxygen atoms in total. The summed E-state index contributed by atoms with van der Waals surface area (Å²) in [5.74, 6) is -0.0443. The molecule has 0 heterocycles. The lowest BCUT2D eigenvalue weighted by molar-refractivity contribution is -0.124. The van der Waals surface area contributed by atoms with Crippen LogP contribution in [0.2, 0.25) is 0 Å². The van der Waals surface area contributed by atoms with Crippen molar-refractivity contribution in [1.82, 2.24) is 4.90 Å². The van der Waals surface area contributed by atoms with Gasteiger partial charge in [0.2, 0.25) is 5.91 Å². The van der Waals surface area contributed by atoms with E-state index in [0.717, 1.165) is 5.56 Å². The van der Waals surface area contributed by atoms with Crippen LogP contribution in [0.25, 0.3) is 6.08 Å². The lowest BCUT2D eigenvalue weighted by Gasteiger charge is -2.15. The van der Waals surface area contributed by atoms with Gasteiger partial charge in [-0.2, -0.15) is 0 Å². The highest BCUT2D eigenvalue weighted by molar-refractivity contribution is 5.91. The fourth-order valence-corrected chi connectivity index (χ4v) is 1.56. The molecule has 0 spiro atoms. The molecule has 0 aliphatic carbocycles. The SMILES string of the molecule is Cc1cccc(/C=C/C(=O)N(C)CCC(C)O)c1. The van der Waals surface area contributed by atoms with Crippen LogP contribution in [-0.4, -0.2) is 35.6 Å². The average Bonchev–Trinajstić information content (AvgIpc) is 2.33. The van der Waals surface area contributed by atoms with E-state index in [2.05, 4.69) is 0 Å². The van der Waals surface area contributed by atoms with E-state index in [9.17, 15) is 4.79 Å². The number of hydrogen-bond donors (Lipinski definition) is 1. The maximum Gasteiger partial charge on any atom is 0.246 e. The van der Waals surface area contributed by atoms with Crippen LogP contribution in [-0.2, 0) is 4.79 Å². The molecule has 0 fully saturated rings. The van der Waals surface area contributed by atoms with Gasteiger partial charge < -0.3 is 10.0 Å². The Labute approximate surface area is 109 Å². The number of aliphatic hydroxyl groups excluding tert-OH is 1. The first kappa shape index (κ1) is 14.5. The van der Waals surface area contributed by atoms with Crippen molar-refractivity contribution in [3.05, 3.63) is 41.5 Å². The van der Waals surface area contributed by atoms with Crippen molar-refractivity contribution in [3.8, 4) is 0 Å². The summed E-state index contributed by atoms with van der Waals surface area (Å²) in [5.41, 5.74) is 2.19. The second-order valence-corrected chi connectivity index (χ2v) is 4.64. The number of carbonyl (C=O) groups excluding carboxylic acids is 1. The molecule has 1 atom stereocenters. The number of benzene rings is 1. The van der Waals surface area contributed by atoms with E-state index in [0.29, 0.717) is 13.0 Å². The summed E-state index contributed by atoms with van der Waals surface area (Å²) in [5, 5.41) is 9.17. The smallest absolute Gasteiger partial charge is 0.246 e. The molecule has 0 aromatic heterocycles. The van der Waals surface area contributed by atoms with E-state index in [1.54, 1.807) is 24.9 Å². The van der Waals surface area contributed by atoms with E-state index >= 15 is 0 Å². The number of amides is 1. The standard InChI is InChI=1S/C15H21NO2/c1-12-5-4-6-14(11-12)7-8-15(18)16(3)10-9-13(2)17/h4-8,11,13,17H,9-10H2,1-3H3/b8-7+. The van der Waals surface area contributed by atoms with Crippen molar-refractivity contribution in [2.24, 2.45) is 0 Å². The van der Waals surface area contributed by atoms with Gasteiger partial charge in [-0.25, -0.2) is 0 Å². The number of aliphatic hydroxyl groups is 1. The zero-order chi connectivity index (χ0) is 13.5. The number of aryl methyl sites for hydroxylation is 1. The third-order valence-corrected chi connectivity index (χ3v) is 2.72. The number of rotatable bonds is 5. The van der Waals surface area contributed by atoms with E-state index in [4.69, 9.17) is 5.11 Å². The highest BCUT2D eigenvalue weighted by Crippen LogP contribution is 2.06. The minimum atomic E-state index is -0.374. The topological polar surface area (TPSA) is 40.5 Å². The Morgan fingerprint density at radius 1 is 1.50 bits per heavy atom. The summed E-state index contributed by atoms with van der Waals surface area (Å²) in [4.78, 5) is 13.4. The number of likely N-dealkylation sites (N-methyl/N-ethyl adjacent to an activating group) is 1. The monoisotopic (exact) mass is 247 g/mol. The van der Waals surface area contributed by atoms with Gasteiger partial charge in [-0.15, -0.1) is 0 Å². The van der Waals surface area contributed by atoms with Crippen LogP contribution >= 0.6 is 0 Å². The quantitative estimate of drug-likeness (QED) is 0.811. The summed E-state index contributed by atoms with van der Waals surface area (Å²) in [6.07, 6.45) is 3.60. The average molecular weight is 247 g/mol. The van der Waals surface area contributed by atoms with Crippen LogP contribution in [0.4, 0.5) is 0 Å². The summed E-state index contributed by atoms with van der Waals surface area (Å²) in [6, 6.07) is 7.98. The van der Waals surface area contributed by atoms with Gasteiger partial charge in [-0.1, -0.05) is 29.8 Å². The minimum absolute atomic E-state index is 0.0443. The van der Waals surface area contributed by atoms with E-state index in [1.165, 1.54) is 5.56 Å². The van der Waals surface area contributed by atoms with Gasteiger partial charge >= 0.3 is 0 Å². The zero-order valence-corrected chi connectivity index (χ0v) is 11.3. The van der Waals surface area contributed by atoms with E-state index < -0.39 is 0 Å². The molecule has 0 saturated heterocycles. The molecule has 1 rings (SSSR count). The highest BCUT2D eigenvalue weighted by atomic mass is 16.3. The Balaban J connectivity index is 2.53. The lowest BCUT2D eigenvalue weighted by Crippen LogP contribution is -2.27. The summed E-state index contributed by atoms with van der Waals surface area (Å²) in [7, 11) is 1.74. The molecule has 0 aliphatic heterocycles. The van der Waals surface area contributed by atoms with Gasteiger partial charge in [0.15, 0.2) is 0 Å². The zero-order valence-electron chi connectivity index (χ0n) is 11.3. The highest BCUT2D eigenvalue weighted by Gasteiger charge is 2.05. The minimum Gasteiger partial charge on any atom is -0.393 e. The molecule has 0 radical (unpaired) electrons. The maximum absolute atomic E-state index is 11.8. The maximum atomic E-state index is 11.8. The van der Waals surface area contributed by atoms with Gasteiger partial charge in [-0.05, 0) is 31.9 Å². The van der Waals surface area contributed by atoms with Crippen molar-refractivity contribution in [2.45, 2.75) is 26.4 Å². The summed E-state index contributed by atoms with van der Waals surface area (Å²) in [6.45, 7) is 4.31. The van der Waals surface area contributed by atoms with E-state index in [1.807, 2.05) is 37.3 Å². The van der Waals surface area contributed by atoms with Crippen LogP contribution in [0.15, 0.2) is 30.3 Å². The molecule has 1 unspecified atom stereocenters. The Morgan fingerprint density at radius 2 is 2.22 bits per heavy atom. The molecular weight excluding hydrogens is 226 g/mol. The molecule has 0 bridgehead atoms. The van der Waals surface area contributed by atoms with Crippen molar-refractivity contribution in [2.75, 3.05) is 13.6 Å². The van der Waals surface area contributed by atoms with Crippen molar-refractivity contribution < 1.29 is 9.90 Å². The second kappa shape index (κ2) is 6.97. The normalized spacial score (nSPS) is 12.7. The van der Waals surface area contributed by atoms with E-state index in [-0.39, 0.29) is 12.0 Å². The molecule has 3 heteroatoms. The predicted octanol–water partition coefficient (Wildman–Crippen LogP) is 2.24. The van der Waals surface area contributed by atoms with Crippen LogP contribution in [0, 0.1) is 6.92 Å². The van der Waals surface area contributed by atoms with Crippen molar-refractivity contribution >= 4 is 12.0 Å². The number of carbonyl (C=O) groups is 1. The van der Waals surface area contributed by atoms with Crippen LogP contribution < -0.4 is 0 Å². The first-order valence-electron chi connectivity index (χ1n) is 6.17. The Bertz CT molecular complexity index is 424. The lowest BCUT2D eigenvalue weighted by atomic mass is 10.1. The third kappa shape index (κ3) is 5.15. The predicted molar refractivity (Wildman–Crippen MR) is 74.1 cm³/mol. The van der Waals surface area contributed by atoms with Gasteiger partial charge in [0, 0.05) is 19.7 Å². The fourth-order valence-electron chi connectivity index (χ4n) is 1.56.